The molecule has 0 heterocycles. The van der Waals surface area contributed by atoms with Gasteiger partial charge >= 0.3 is 5.97 Å². The van der Waals surface area contributed by atoms with E-state index in [9.17, 15) is 22.8 Å². The van der Waals surface area contributed by atoms with Gasteiger partial charge in [-0.05, 0) is 38.1 Å². The fourth-order valence-corrected chi connectivity index (χ4v) is 2.89. The van der Waals surface area contributed by atoms with E-state index in [1.807, 2.05) is 31.2 Å². The number of nitrogens with one attached hydrogen (secondary N) is 1. The molecule has 0 aliphatic carbocycles. The molecular formula is C19H18F3NO3S. The van der Waals surface area contributed by atoms with Crippen LogP contribution >= 0.6 is 11.8 Å². The van der Waals surface area contributed by atoms with Crippen molar-refractivity contribution >= 4 is 29.3 Å². The third-order valence-electron chi connectivity index (χ3n) is 3.57. The fraction of sp³-hybridized carbons (Fsp3) is 0.263. The number of esters is 1. The van der Waals surface area contributed by atoms with Crippen LogP contribution in [0.5, 0.6) is 0 Å². The Labute approximate surface area is 159 Å². The largest absolute Gasteiger partial charge is 0.453 e. The van der Waals surface area contributed by atoms with Crippen LogP contribution in [-0.4, -0.2) is 23.7 Å². The van der Waals surface area contributed by atoms with E-state index < -0.39 is 41.1 Å². The molecule has 27 heavy (non-hydrogen) atoms. The van der Waals surface area contributed by atoms with E-state index in [2.05, 4.69) is 5.32 Å². The van der Waals surface area contributed by atoms with E-state index >= 15 is 0 Å². The molecule has 144 valence electrons. The Balaban J connectivity index is 1.80. The average molecular weight is 397 g/mol. The van der Waals surface area contributed by atoms with Crippen LogP contribution in [0.25, 0.3) is 0 Å². The standard InChI is InChI=1S/C19H18F3NO3S/c1-11-3-5-13(6-4-11)27-10-9-16(24)26-12(2)19(25)23-15-8-7-14(20)17(21)18(15)22/h3-8,12H,9-10H2,1-2H3,(H,23,25)/t12-/m1/s1. The molecule has 0 saturated heterocycles. The number of amides is 1. The molecule has 2 rings (SSSR count). The van der Waals surface area contributed by atoms with Crippen molar-refractivity contribution in [3.05, 3.63) is 59.4 Å². The van der Waals surface area contributed by atoms with Gasteiger partial charge in [-0.1, -0.05) is 17.7 Å². The van der Waals surface area contributed by atoms with Gasteiger partial charge < -0.3 is 10.1 Å². The third kappa shape index (κ3) is 6.02. The molecule has 0 saturated carbocycles. The summed E-state index contributed by atoms with van der Waals surface area (Å²) in [4.78, 5) is 24.8. The molecule has 0 aliphatic rings. The lowest BCUT2D eigenvalue weighted by Gasteiger charge is -2.14. The molecule has 0 spiro atoms. The monoisotopic (exact) mass is 397 g/mol. The van der Waals surface area contributed by atoms with Crippen LogP contribution in [0.15, 0.2) is 41.3 Å². The van der Waals surface area contributed by atoms with Gasteiger partial charge in [0.25, 0.3) is 5.91 Å². The number of thioether (sulfide) groups is 1. The highest BCUT2D eigenvalue weighted by molar-refractivity contribution is 7.99. The Hall–Kier alpha value is -2.48. The van der Waals surface area contributed by atoms with Gasteiger partial charge in [-0.25, -0.2) is 13.2 Å². The summed E-state index contributed by atoms with van der Waals surface area (Å²) in [6, 6.07) is 9.38. The van der Waals surface area contributed by atoms with Crippen LogP contribution in [0.1, 0.15) is 18.9 Å². The number of ether oxygens (including phenoxy) is 1. The smallest absolute Gasteiger partial charge is 0.307 e. The maximum absolute atomic E-state index is 13.6. The Kier molecular flexibility index (Phi) is 7.29. The minimum atomic E-state index is -1.69. The molecule has 0 aliphatic heterocycles. The van der Waals surface area contributed by atoms with Crippen LogP contribution in [0.3, 0.4) is 0 Å². The molecule has 0 fully saturated rings. The number of hydrogen-bond donors (Lipinski definition) is 1. The van der Waals surface area contributed by atoms with Gasteiger partial charge in [0.2, 0.25) is 0 Å². The van der Waals surface area contributed by atoms with Gasteiger partial charge in [0.05, 0.1) is 12.1 Å². The average Bonchev–Trinajstić information content (AvgIpc) is 2.63. The number of hydrogen-bond acceptors (Lipinski definition) is 4. The predicted octanol–water partition coefficient (Wildman–Crippen LogP) is 4.46. The molecule has 0 radical (unpaired) electrons. The summed E-state index contributed by atoms with van der Waals surface area (Å²) in [5.41, 5.74) is 0.604. The van der Waals surface area contributed by atoms with Crippen molar-refractivity contribution in [1.29, 1.82) is 0 Å². The number of aryl methyl sites for hydroxylation is 1. The van der Waals surface area contributed by atoms with E-state index in [1.165, 1.54) is 18.7 Å². The number of rotatable bonds is 7. The Morgan fingerprint density at radius 3 is 2.41 bits per heavy atom. The quantitative estimate of drug-likeness (QED) is 0.426. The second-order valence-corrected chi connectivity index (χ2v) is 6.92. The van der Waals surface area contributed by atoms with E-state index in [0.29, 0.717) is 11.8 Å². The van der Waals surface area contributed by atoms with Crippen LogP contribution in [0.4, 0.5) is 18.9 Å². The van der Waals surface area contributed by atoms with Gasteiger partial charge in [-0.2, -0.15) is 0 Å². The van der Waals surface area contributed by atoms with Gasteiger partial charge in [0, 0.05) is 10.6 Å². The molecule has 1 N–H and O–H groups in total. The summed E-state index contributed by atoms with van der Waals surface area (Å²) in [5, 5.41) is 2.07. The van der Waals surface area contributed by atoms with E-state index in [-0.39, 0.29) is 6.42 Å². The van der Waals surface area contributed by atoms with Crippen molar-refractivity contribution in [2.24, 2.45) is 0 Å². The minimum absolute atomic E-state index is 0.0791. The lowest BCUT2D eigenvalue weighted by Crippen LogP contribution is -2.30. The first kappa shape index (κ1) is 20.8. The zero-order chi connectivity index (χ0) is 20.0. The predicted molar refractivity (Wildman–Crippen MR) is 97.0 cm³/mol. The molecule has 0 aromatic heterocycles. The summed E-state index contributed by atoms with van der Waals surface area (Å²) in [5.74, 6) is -5.55. The van der Waals surface area contributed by atoms with Crippen LogP contribution < -0.4 is 5.32 Å². The van der Waals surface area contributed by atoms with Crippen molar-refractivity contribution in [3.63, 3.8) is 0 Å². The molecule has 8 heteroatoms. The molecular weight excluding hydrogens is 379 g/mol. The Morgan fingerprint density at radius 1 is 1.07 bits per heavy atom. The Morgan fingerprint density at radius 2 is 1.74 bits per heavy atom. The topological polar surface area (TPSA) is 55.4 Å². The number of benzene rings is 2. The molecule has 2 aromatic rings. The normalized spacial score (nSPS) is 11.7. The highest BCUT2D eigenvalue weighted by atomic mass is 32.2. The number of carbonyl (C=O) groups excluding carboxylic acids is 2. The van der Waals surface area contributed by atoms with E-state index in [4.69, 9.17) is 4.74 Å². The van der Waals surface area contributed by atoms with Crippen LogP contribution in [-0.2, 0) is 14.3 Å². The van der Waals surface area contributed by atoms with Gasteiger partial charge in [0.1, 0.15) is 0 Å². The highest BCUT2D eigenvalue weighted by Crippen LogP contribution is 2.21. The molecule has 0 unspecified atom stereocenters. The lowest BCUT2D eigenvalue weighted by molar-refractivity contribution is -0.152. The van der Waals surface area contributed by atoms with Crippen molar-refractivity contribution < 1.29 is 27.5 Å². The first-order valence-corrected chi connectivity index (χ1v) is 9.10. The molecule has 4 nitrogen and oxygen atoms in total. The van der Waals surface area contributed by atoms with Crippen molar-refractivity contribution in [2.75, 3.05) is 11.1 Å². The van der Waals surface area contributed by atoms with Gasteiger partial charge in [0.15, 0.2) is 23.6 Å². The summed E-state index contributed by atoms with van der Waals surface area (Å²) < 4.78 is 44.6. The molecule has 0 bridgehead atoms. The minimum Gasteiger partial charge on any atom is -0.453 e. The zero-order valence-electron chi connectivity index (χ0n) is 14.7. The summed E-state index contributed by atoms with van der Waals surface area (Å²) in [6.07, 6.45) is -1.13. The van der Waals surface area contributed by atoms with Crippen molar-refractivity contribution in [2.45, 2.75) is 31.3 Å². The number of carbonyl (C=O) groups is 2. The van der Waals surface area contributed by atoms with Crippen LogP contribution in [0, 0.1) is 24.4 Å². The van der Waals surface area contributed by atoms with Gasteiger partial charge in [-0.15, -0.1) is 11.8 Å². The first-order valence-electron chi connectivity index (χ1n) is 8.11. The fourth-order valence-electron chi connectivity index (χ4n) is 2.05. The zero-order valence-corrected chi connectivity index (χ0v) is 15.5. The van der Waals surface area contributed by atoms with E-state index in [1.54, 1.807) is 0 Å². The maximum atomic E-state index is 13.6. The van der Waals surface area contributed by atoms with Gasteiger partial charge in [-0.3, -0.25) is 9.59 Å². The third-order valence-corrected chi connectivity index (χ3v) is 4.58. The number of anilines is 1. The van der Waals surface area contributed by atoms with Crippen molar-refractivity contribution in [1.82, 2.24) is 0 Å². The maximum Gasteiger partial charge on any atom is 0.307 e. The van der Waals surface area contributed by atoms with E-state index in [0.717, 1.165) is 16.5 Å². The molecule has 1 atom stereocenters. The lowest BCUT2D eigenvalue weighted by atomic mass is 10.2. The summed E-state index contributed by atoms with van der Waals surface area (Å²) in [7, 11) is 0. The highest BCUT2D eigenvalue weighted by Gasteiger charge is 2.21. The second kappa shape index (κ2) is 9.45. The first-order chi connectivity index (χ1) is 12.8. The summed E-state index contributed by atoms with van der Waals surface area (Å²) >= 11 is 1.47. The molecule has 1 amide bonds. The molecule has 2 aromatic carbocycles. The number of halogens is 3. The second-order valence-electron chi connectivity index (χ2n) is 5.76. The summed E-state index contributed by atoms with van der Waals surface area (Å²) in [6.45, 7) is 3.28. The Bertz CT molecular complexity index is 828. The van der Waals surface area contributed by atoms with Crippen molar-refractivity contribution in [3.8, 4) is 0 Å². The van der Waals surface area contributed by atoms with Crippen LogP contribution in [0.2, 0.25) is 0 Å². The SMILES string of the molecule is Cc1ccc(SCCC(=O)O[C@H](C)C(=O)Nc2ccc(F)c(F)c2F)cc1.